The highest BCUT2D eigenvalue weighted by Crippen LogP contribution is 2.54. The molecule has 0 amide bonds. The first kappa shape index (κ1) is 32.5. The molecule has 4 aromatic rings. The number of fused-ring (bicyclic) bond motifs is 5. The van der Waals surface area contributed by atoms with Gasteiger partial charge in [-0.3, -0.25) is 32.0 Å². The van der Waals surface area contributed by atoms with Crippen molar-refractivity contribution >= 4 is 72.6 Å². The number of aromatic nitrogens is 6. The van der Waals surface area contributed by atoms with E-state index >= 15 is 4.39 Å². The number of ether oxygens (including phenoxy) is 2. The molecule has 248 valence electrons. The monoisotopic (exact) mass is 746 g/mol. The predicted molar refractivity (Wildman–Crippen MR) is 153 cm³/mol. The molecule has 3 fully saturated rings. The van der Waals surface area contributed by atoms with Gasteiger partial charge >= 0.3 is 15.6 Å². The summed E-state index contributed by atoms with van der Waals surface area (Å²) in [6.45, 7) is -1.78. The van der Waals surface area contributed by atoms with Crippen LogP contribution in [0.15, 0.2) is 29.6 Å². The van der Waals surface area contributed by atoms with Gasteiger partial charge in [-0.15, -0.1) is 0 Å². The Hall–Kier alpha value is -2.06. The van der Waals surface area contributed by atoms with Crippen LogP contribution < -0.4 is 5.56 Å². The van der Waals surface area contributed by atoms with E-state index in [4.69, 9.17) is 62.4 Å². The van der Waals surface area contributed by atoms with Crippen LogP contribution in [0.2, 0.25) is 15.3 Å². The zero-order valence-electron chi connectivity index (χ0n) is 22.5. The fraction of sp³-hybridized carbons (Fsp3) is 0.455. The van der Waals surface area contributed by atoms with Crippen LogP contribution in [0.3, 0.4) is 0 Å². The fourth-order valence-electron chi connectivity index (χ4n) is 5.41. The molecule has 6 heterocycles. The van der Waals surface area contributed by atoms with Crippen LogP contribution in [0.25, 0.3) is 22.2 Å². The third kappa shape index (κ3) is 5.71. The third-order valence-electron chi connectivity index (χ3n) is 7.48. The maximum Gasteiger partial charge on any atom is 0.472 e. The molecule has 4 N–H and O–H groups in total. The van der Waals surface area contributed by atoms with Crippen molar-refractivity contribution in [3.05, 3.63) is 50.5 Å². The lowest BCUT2D eigenvalue weighted by molar-refractivity contribution is -0.0669. The van der Waals surface area contributed by atoms with E-state index in [9.17, 15) is 28.8 Å². The summed E-state index contributed by atoms with van der Waals surface area (Å²) in [5.41, 5.74) is -0.397. The van der Waals surface area contributed by atoms with Gasteiger partial charge in [-0.1, -0.05) is 23.2 Å². The highest BCUT2D eigenvalue weighted by atomic mass is 35.5. The van der Waals surface area contributed by atoms with Crippen LogP contribution in [0, 0.1) is 0 Å². The minimum atomic E-state index is -5.17. The number of phosphoric ester groups is 2. The molecule has 0 spiro atoms. The fourth-order valence-corrected chi connectivity index (χ4v) is 7.89. The number of nitrogens with one attached hydrogen (secondary N) is 1. The van der Waals surface area contributed by atoms with Crippen molar-refractivity contribution in [2.45, 2.75) is 49.1 Å². The van der Waals surface area contributed by atoms with E-state index in [2.05, 4.69) is 19.9 Å². The van der Waals surface area contributed by atoms with Crippen molar-refractivity contribution in [1.82, 2.24) is 29.1 Å². The quantitative estimate of drug-likeness (QED) is 0.216. The Morgan fingerprint density at radius 2 is 1.61 bits per heavy atom. The van der Waals surface area contributed by atoms with E-state index in [1.54, 1.807) is 0 Å². The van der Waals surface area contributed by atoms with E-state index in [0.29, 0.717) is 0 Å². The molecular formula is C22H20Cl3FN6O12P2. The van der Waals surface area contributed by atoms with Gasteiger partial charge < -0.3 is 29.4 Å². The molecule has 0 saturated carbocycles. The summed E-state index contributed by atoms with van der Waals surface area (Å²) in [4.78, 5) is 47.7. The number of aliphatic hydroxyl groups excluding tert-OH is 1. The van der Waals surface area contributed by atoms with Crippen molar-refractivity contribution in [2.24, 2.45) is 0 Å². The van der Waals surface area contributed by atoms with Gasteiger partial charge in [0.25, 0.3) is 5.56 Å². The van der Waals surface area contributed by atoms with Crippen LogP contribution in [0.1, 0.15) is 12.5 Å². The molecule has 3 saturated heterocycles. The van der Waals surface area contributed by atoms with E-state index in [0.717, 1.165) is 17.2 Å². The zero-order valence-corrected chi connectivity index (χ0v) is 26.6. The molecule has 7 rings (SSSR count). The molecule has 10 atom stereocenters. The SMILES string of the molecule is O=c1[nH]cnc2c1ncn2[C@@H]1O[C@@H]2COP(=O)(O)OC3[C@@H](O)[C@@H](COP(=O)(O)OC2[C@@H]1F)O[C@H]3n1c(Cl)nc2cc(Cl)c(Cl)cc21. The standard InChI is InChI=1S/C22H20Cl3FN6O12P2/c23-7-1-9-10(2-8(7)24)32(22(25)30-9)21-17-15(33)11(41-21)3-39-45(35,36)43-16-12(4-40-46(37,38)44-17)42-20(13(16)26)31-6-29-14-18(31)27-5-28-19(14)34/h1-2,5-6,11-13,15-17,20-21,33H,3-4H2,(H,35,36)(H,37,38)(H,27,28,34)/t11-,12-,13+,15+,16?,17?,20-,21-/m1/s1. The Labute approximate surface area is 270 Å². The number of hydrogen-bond donors (Lipinski definition) is 4. The van der Waals surface area contributed by atoms with Crippen LogP contribution in [0.4, 0.5) is 4.39 Å². The normalized spacial score (nSPS) is 37.2. The maximum atomic E-state index is 15.9. The first-order valence-electron chi connectivity index (χ1n) is 13.1. The highest BCUT2D eigenvalue weighted by Gasteiger charge is 2.54. The van der Waals surface area contributed by atoms with Crippen molar-refractivity contribution in [2.75, 3.05) is 13.2 Å². The molecular weight excluding hydrogens is 728 g/mol. The van der Waals surface area contributed by atoms with Crippen LogP contribution >= 0.6 is 50.4 Å². The molecule has 3 aliphatic rings. The zero-order chi connectivity index (χ0) is 32.7. The summed E-state index contributed by atoms with van der Waals surface area (Å²) < 4.78 is 76.6. The van der Waals surface area contributed by atoms with E-state index in [-0.39, 0.29) is 37.5 Å². The molecule has 3 aromatic heterocycles. The first-order chi connectivity index (χ1) is 21.7. The largest absolute Gasteiger partial charge is 0.472 e. The van der Waals surface area contributed by atoms with E-state index < -0.39 is 83.6 Å². The second-order valence-corrected chi connectivity index (χ2v) is 14.3. The second-order valence-electron chi connectivity index (χ2n) is 10.3. The molecule has 24 heteroatoms. The molecule has 3 aliphatic heterocycles. The number of rotatable bonds is 2. The smallest absolute Gasteiger partial charge is 0.387 e. The number of benzene rings is 1. The summed E-state index contributed by atoms with van der Waals surface area (Å²) in [7, 11) is -10.3. The Bertz CT molecular complexity index is 2000. The Balaban J connectivity index is 1.22. The number of H-pyrrole nitrogens is 1. The third-order valence-corrected chi connectivity index (χ3v) is 10.4. The number of phosphoric acid groups is 2. The number of halogens is 4. The maximum absolute atomic E-state index is 15.9. The summed E-state index contributed by atoms with van der Waals surface area (Å²) in [5.74, 6) is 0. The van der Waals surface area contributed by atoms with Gasteiger partial charge in [0.05, 0.1) is 46.9 Å². The molecule has 46 heavy (non-hydrogen) atoms. The lowest BCUT2D eigenvalue weighted by atomic mass is 10.1. The van der Waals surface area contributed by atoms with Crippen molar-refractivity contribution < 1.29 is 56.0 Å². The molecule has 1 aromatic carbocycles. The lowest BCUT2D eigenvalue weighted by Gasteiger charge is -2.26. The topological polar surface area (TPSA) is 232 Å². The number of imidazole rings is 2. The predicted octanol–water partition coefficient (Wildman–Crippen LogP) is 2.64. The van der Waals surface area contributed by atoms with Crippen molar-refractivity contribution in [3.8, 4) is 0 Å². The molecule has 4 unspecified atom stereocenters. The first-order valence-corrected chi connectivity index (χ1v) is 17.2. The van der Waals surface area contributed by atoms with Gasteiger partial charge in [0.15, 0.2) is 29.8 Å². The van der Waals surface area contributed by atoms with Gasteiger partial charge in [-0.05, 0) is 23.7 Å². The number of aliphatic hydroxyl groups is 1. The summed E-state index contributed by atoms with van der Waals surface area (Å²) >= 11 is 18.6. The highest BCUT2D eigenvalue weighted by molar-refractivity contribution is 7.47. The Morgan fingerprint density at radius 3 is 2.35 bits per heavy atom. The number of nitrogens with zero attached hydrogens (tertiary/aromatic N) is 5. The molecule has 2 bridgehead atoms. The van der Waals surface area contributed by atoms with Gasteiger partial charge in [-0.2, -0.15) is 0 Å². The molecule has 0 aliphatic carbocycles. The second kappa shape index (κ2) is 11.8. The van der Waals surface area contributed by atoms with Gasteiger partial charge in [0.2, 0.25) is 5.28 Å². The average Bonchev–Trinajstić information content (AvgIpc) is 3.71. The van der Waals surface area contributed by atoms with E-state index in [1.807, 2.05) is 0 Å². The summed E-state index contributed by atoms with van der Waals surface area (Å²) in [5, 5.41) is 11.1. The van der Waals surface area contributed by atoms with Crippen LogP contribution in [-0.2, 0) is 36.7 Å². The average molecular weight is 748 g/mol. The minimum absolute atomic E-state index is 0.0892. The molecule has 18 nitrogen and oxygen atoms in total. The van der Waals surface area contributed by atoms with Gasteiger partial charge in [-0.25, -0.2) is 28.5 Å². The van der Waals surface area contributed by atoms with Crippen molar-refractivity contribution in [1.29, 1.82) is 0 Å². The molecule has 0 radical (unpaired) electrons. The Morgan fingerprint density at radius 1 is 0.957 bits per heavy atom. The summed E-state index contributed by atoms with van der Waals surface area (Å²) in [6, 6.07) is 2.79. The van der Waals surface area contributed by atoms with Gasteiger partial charge in [0, 0.05) is 0 Å². The summed E-state index contributed by atoms with van der Waals surface area (Å²) in [6.07, 6.45) is -11.8. The number of aromatic amines is 1. The van der Waals surface area contributed by atoms with Crippen molar-refractivity contribution in [3.63, 3.8) is 0 Å². The van der Waals surface area contributed by atoms with Gasteiger partial charge in [0.1, 0.15) is 30.5 Å². The number of alkyl halides is 1. The Kier molecular flexibility index (Phi) is 8.35. The van der Waals surface area contributed by atoms with E-state index in [1.165, 1.54) is 16.7 Å². The van der Waals surface area contributed by atoms with Crippen LogP contribution in [-0.4, -0.2) is 93.9 Å². The number of hydrogen-bond acceptors (Lipinski definition) is 13. The minimum Gasteiger partial charge on any atom is -0.387 e. The lowest BCUT2D eigenvalue weighted by Crippen LogP contribution is -2.35. The van der Waals surface area contributed by atoms with Crippen LogP contribution in [0.5, 0.6) is 0 Å².